The average Bonchev–Trinajstić information content (AvgIpc) is 2.38. The van der Waals surface area contributed by atoms with Gasteiger partial charge in [0.15, 0.2) is 5.69 Å². The molecule has 1 aliphatic rings. The van der Waals surface area contributed by atoms with Gasteiger partial charge < -0.3 is 5.32 Å². The van der Waals surface area contributed by atoms with Crippen LogP contribution in [0.3, 0.4) is 0 Å². The Morgan fingerprint density at radius 1 is 1.61 bits per heavy atom. The molecule has 1 aromatic heterocycles. The summed E-state index contributed by atoms with van der Waals surface area (Å²) in [5.41, 5.74) is -0.0521. The van der Waals surface area contributed by atoms with E-state index in [1.165, 1.54) is 22.6 Å². The highest BCUT2D eigenvalue weighted by Crippen LogP contribution is 2.19. The molecule has 1 atom stereocenters. The molecule has 7 heteroatoms. The summed E-state index contributed by atoms with van der Waals surface area (Å²) in [4.78, 5) is 3.78. The summed E-state index contributed by atoms with van der Waals surface area (Å²) < 4.78 is 26.2. The van der Waals surface area contributed by atoms with Gasteiger partial charge in [-0.25, -0.2) is 13.4 Å². The Balaban J connectivity index is 2.39. The number of pyridine rings is 1. The van der Waals surface area contributed by atoms with Crippen LogP contribution in [-0.4, -0.2) is 43.4 Å². The van der Waals surface area contributed by atoms with Gasteiger partial charge in [0.1, 0.15) is 11.0 Å². The molecule has 0 aliphatic carbocycles. The molecule has 1 saturated heterocycles. The fraction of sp³-hybridized carbons (Fsp3) is 0.455. The van der Waals surface area contributed by atoms with Crippen molar-refractivity contribution in [2.24, 2.45) is 0 Å². The van der Waals surface area contributed by atoms with Gasteiger partial charge in [-0.15, -0.1) is 0 Å². The monoisotopic (exact) mass is 266 g/mol. The third-order valence-corrected chi connectivity index (χ3v) is 4.72. The molecular weight excluding hydrogens is 252 g/mol. The van der Waals surface area contributed by atoms with E-state index in [4.69, 9.17) is 5.26 Å². The molecule has 0 unspecified atom stereocenters. The number of sulfonamides is 1. The number of piperazine rings is 1. The van der Waals surface area contributed by atoms with Crippen molar-refractivity contribution in [3.05, 3.63) is 24.0 Å². The van der Waals surface area contributed by atoms with Gasteiger partial charge in [0.05, 0.1) is 0 Å². The van der Waals surface area contributed by atoms with Gasteiger partial charge in [-0.2, -0.15) is 9.57 Å². The molecule has 18 heavy (non-hydrogen) atoms. The molecule has 0 bridgehead atoms. The zero-order valence-corrected chi connectivity index (χ0v) is 10.8. The molecule has 0 saturated carbocycles. The van der Waals surface area contributed by atoms with E-state index in [1.807, 2.05) is 13.0 Å². The van der Waals surface area contributed by atoms with Crippen molar-refractivity contribution in [2.45, 2.75) is 17.9 Å². The van der Waals surface area contributed by atoms with Crippen LogP contribution in [0.1, 0.15) is 12.6 Å². The number of nitrogens with zero attached hydrogens (tertiary/aromatic N) is 3. The molecule has 0 aromatic carbocycles. The number of aromatic nitrogens is 1. The topological polar surface area (TPSA) is 86.1 Å². The first-order chi connectivity index (χ1) is 8.55. The van der Waals surface area contributed by atoms with Crippen molar-refractivity contribution < 1.29 is 8.42 Å². The maximum absolute atomic E-state index is 12.4. The summed E-state index contributed by atoms with van der Waals surface area (Å²) in [6.07, 6.45) is 1.41. The molecule has 2 heterocycles. The van der Waals surface area contributed by atoms with Crippen molar-refractivity contribution in [3.63, 3.8) is 0 Å². The molecule has 0 amide bonds. The quantitative estimate of drug-likeness (QED) is 0.810. The van der Waals surface area contributed by atoms with Crippen molar-refractivity contribution >= 4 is 10.0 Å². The van der Waals surface area contributed by atoms with E-state index in [2.05, 4.69) is 10.3 Å². The third-order valence-electron chi connectivity index (χ3n) is 2.83. The second kappa shape index (κ2) is 5.02. The van der Waals surface area contributed by atoms with Crippen molar-refractivity contribution in [3.8, 4) is 6.07 Å². The molecular formula is C11H14N4O2S. The van der Waals surface area contributed by atoms with Crippen LogP contribution in [-0.2, 0) is 10.0 Å². The molecule has 0 radical (unpaired) electrons. The van der Waals surface area contributed by atoms with Gasteiger partial charge >= 0.3 is 0 Å². The highest BCUT2D eigenvalue weighted by Gasteiger charge is 2.30. The number of rotatable bonds is 2. The first-order valence-corrected chi connectivity index (χ1v) is 7.08. The third kappa shape index (κ3) is 2.36. The van der Waals surface area contributed by atoms with Crippen LogP contribution in [0.15, 0.2) is 23.2 Å². The van der Waals surface area contributed by atoms with Crippen LogP contribution in [0.25, 0.3) is 0 Å². The molecule has 2 rings (SSSR count). The lowest BCUT2D eigenvalue weighted by molar-refractivity contribution is 0.310. The fourth-order valence-corrected chi connectivity index (χ4v) is 3.56. The van der Waals surface area contributed by atoms with Gasteiger partial charge in [0.2, 0.25) is 10.0 Å². The molecule has 1 N–H and O–H groups in total. The minimum absolute atomic E-state index is 0.0124. The molecule has 96 valence electrons. The summed E-state index contributed by atoms with van der Waals surface area (Å²) in [6, 6.07) is 4.88. The summed E-state index contributed by atoms with van der Waals surface area (Å²) in [5, 5.41) is 12.1. The lowest BCUT2D eigenvalue weighted by Gasteiger charge is -2.31. The predicted octanol–water partition coefficient (Wildman–Crippen LogP) is -0.0643. The Kier molecular flexibility index (Phi) is 3.61. The highest BCUT2D eigenvalue weighted by molar-refractivity contribution is 7.89. The first kappa shape index (κ1) is 13.0. The Labute approximate surface area is 106 Å². The summed E-state index contributed by atoms with van der Waals surface area (Å²) >= 11 is 0. The van der Waals surface area contributed by atoms with Crippen molar-refractivity contribution in [1.82, 2.24) is 14.6 Å². The lowest BCUT2D eigenvalue weighted by atomic mass is 10.3. The van der Waals surface area contributed by atoms with E-state index in [0.29, 0.717) is 19.6 Å². The van der Waals surface area contributed by atoms with Gasteiger partial charge in [-0.3, -0.25) is 0 Å². The van der Waals surface area contributed by atoms with Crippen LogP contribution in [0, 0.1) is 11.3 Å². The van der Waals surface area contributed by atoms with E-state index >= 15 is 0 Å². The molecule has 1 fully saturated rings. The minimum atomic E-state index is -3.63. The number of nitrogens with one attached hydrogen (secondary N) is 1. The Bertz CT molecular complexity index is 579. The van der Waals surface area contributed by atoms with Crippen LogP contribution in [0.4, 0.5) is 0 Å². The first-order valence-electron chi connectivity index (χ1n) is 5.64. The smallest absolute Gasteiger partial charge is 0.246 e. The largest absolute Gasteiger partial charge is 0.312 e. The van der Waals surface area contributed by atoms with Crippen LogP contribution in [0.5, 0.6) is 0 Å². The summed E-state index contributed by atoms with van der Waals surface area (Å²) in [6.45, 7) is 3.35. The number of nitriles is 1. The van der Waals surface area contributed by atoms with E-state index in [9.17, 15) is 8.42 Å². The SMILES string of the molecule is C[C@@H]1CN(S(=O)(=O)c2cccnc2C#N)CCN1. The number of hydrogen-bond donors (Lipinski definition) is 1. The summed E-state index contributed by atoms with van der Waals surface area (Å²) in [7, 11) is -3.63. The zero-order valence-electron chi connectivity index (χ0n) is 10.00. The molecule has 0 spiro atoms. The maximum atomic E-state index is 12.4. The minimum Gasteiger partial charge on any atom is -0.312 e. The van der Waals surface area contributed by atoms with Crippen molar-refractivity contribution in [1.29, 1.82) is 5.26 Å². The molecule has 1 aliphatic heterocycles. The second-order valence-corrected chi connectivity index (χ2v) is 6.09. The Hall–Kier alpha value is -1.49. The van der Waals surface area contributed by atoms with Gasteiger partial charge in [0.25, 0.3) is 0 Å². The van der Waals surface area contributed by atoms with E-state index in [1.54, 1.807) is 0 Å². The predicted molar refractivity (Wildman–Crippen MR) is 65.2 cm³/mol. The van der Waals surface area contributed by atoms with Crippen LogP contribution < -0.4 is 5.32 Å². The average molecular weight is 266 g/mol. The molecule has 1 aromatic rings. The Morgan fingerprint density at radius 2 is 2.39 bits per heavy atom. The zero-order chi connectivity index (χ0) is 13.2. The van der Waals surface area contributed by atoms with Crippen LogP contribution >= 0.6 is 0 Å². The standard InChI is InChI=1S/C11H14N4O2S/c1-9-8-15(6-5-13-9)18(16,17)11-3-2-4-14-10(11)7-12/h2-4,9,13H,5-6,8H2,1H3/t9-/m1/s1. The van der Waals surface area contributed by atoms with Gasteiger partial charge in [0, 0.05) is 31.9 Å². The second-order valence-electron chi connectivity index (χ2n) is 4.18. The fourth-order valence-electron chi connectivity index (χ4n) is 1.94. The van der Waals surface area contributed by atoms with Gasteiger partial charge in [-0.1, -0.05) is 0 Å². The maximum Gasteiger partial charge on any atom is 0.246 e. The Morgan fingerprint density at radius 3 is 3.06 bits per heavy atom. The normalized spacial score (nSPS) is 21.4. The van der Waals surface area contributed by atoms with E-state index in [0.717, 1.165) is 0 Å². The lowest BCUT2D eigenvalue weighted by Crippen LogP contribution is -2.51. The highest BCUT2D eigenvalue weighted by atomic mass is 32.2. The van der Waals surface area contributed by atoms with E-state index in [-0.39, 0.29) is 16.6 Å². The molecule has 6 nitrogen and oxygen atoms in total. The van der Waals surface area contributed by atoms with E-state index < -0.39 is 10.0 Å². The summed E-state index contributed by atoms with van der Waals surface area (Å²) in [5.74, 6) is 0. The van der Waals surface area contributed by atoms with Crippen molar-refractivity contribution in [2.75, 3.05) is 19.6 Å². The number of hydrogen-bond acceptors (Lipinski definition) is 5. The van der Waals surface area contributed by atoms with Gasteiger partial charge in [-0.05, 0) is 19.1 Å². The van der Waals surface area contributed by atoms with Crippen LogP contribution in [0.2, 0.25) is 0 Å².